The first-order valence-corrected chi connectivity index (χ1v) is 7.15. The molecule has 2 aromatic rings. The van der Waals surface area contributed by atoms with Crippen molar-refractivity contribution in [2.45, 2.75) is 52.5 Å². The minimum Gasteiger partial charge on any atom is -0.350 e. The number of hydrogen-bond donors (Lipinski definition) is 1. The number of fused-ring (bicyclic) bond motifs is 1. The molecule has 0 radical (unpaired) electrons. The zero-order valence-corrected chi connectivity index (χ0v) is 12.0. The van der Waals surface area contributed by atoms with Crippen LogP contribution in [-0.4, -0.2) is 20.6 Å². The van der Waals surface area contributed by atoms with Gasteiger partial charge in [-0.15, -0.1) is 5.10 Å². The summed E-state index contributed by atoms with van der Waals surface area (Å²) in [6, 6.07) is 6.54. The molecule has 1 unspecified atom stereocenters. The van der Waals surface area contributed by atoms with Gasteiger partial charge in [0.05, 0.1) is 0 Å². The van der Waals surface area contributed by atoms with Crippen LogP contribution in [-0.2, 0) is 0 Å². The van der Waals surface area contributed by atoms with Gasteiger partial charge in [-0.2, -0.15) is 4.98 Å². The van der Waals surface area contributed by atoms with Crippen LogP contribution >= 0.6 is 0 Å². The minimum atomic E-state index is 0.324. The average Bonchev–Trinajstić information content (AvgIpc) is 2.76. The van der Waals surface area contributed by atoms with Gasteiger partial charge >= 0.3 is 0 Å². The monoisotopic (exact) mass is 258 g/mol. The first kappa shape index (κ1) is 12.5. The van der Waals surface area contributed by atoms with Crippen LogP contribution in [0.3, 0.4) is 0 Å². The summed E-state index contributed by atoms with van der Waals surface area (Å²) >= 11 is 0. The number of anilines is 1. The summed E-state index contributed by atoms with van der Waals surface area (Å²) in [6.45, 7) is 6.73. The Balaban J connectivity index is 1.87. The molecule has 1 atom stereocenters. The van der Waals surface area contributed by atoms with Crippen LogP contribution in [0.25, 0.3) is 5.65 Å². The van der Waals surface area contributed by atoms with Crippen molar-refractivity contribution in [3.05, 3.63) is 23.9 Å². The summed E-state index contributed by atoms with van der Waals surface area (Å²) < 4.78 is 1.90. The van der Waals surface area contributed by atoms with Crippen molar-refractivity contribution in [1.82, 2.24) is 14.6 Å². The second-order valence-corrected chi connectivity index (χ2v) is 6.30. The van der Waals surface area contributed by atoms with Crippen molar-refractivity contribution in [2.75, 3.05) is 5.32 Å². The Kier molecular flexibility index (Phi) is 2.96. The molecule has 4 heteroatoms. The highest BCUT2D eigenvalue weighted by Crippen LogP contribution is 2.36. The normalized spacial score (nSPS) is 22.6. The summed E-state index contributed by atoms with van der Waals surface area (Å²) in [5.41, 5.74) is 2.35. The lowest BCUT2D eigenvalue weighted by molar-refractivity contribution is 0.216. The Morgan fingerprint density at radius 1 is 1.32 bits per heavy atom. The molecule has 1 N–H and O–H groups in total. The van der Waals surface area contributed by atoms with Crippen LogP contribution in [0.15, 0.2) is 18.2 Å². The molecular weight excluding hydrogens is 236 g/mol. The molecule has 2 heterocycles. The van der Waals surface area contributed by atoms with Gasteiger partial charge in [-0.05, 0) is 37.3 Å². The smallest absolute Gasteiger partial charge is 0.243 e. The molecule has 0 aliphatic heterocycles. The second-order valence-electron chi connectivity index (χ2n) is 6.30. The molecule has 0 saturated heterocycles. The Morgan fingerprint density at radius 3 is 2.89 bits per heavy atom. The zero-order valence-electron chi connectivity index (χ0n) is 12.0. The van der Waals surface area contributed by atoms with E-state index in [0.717, 1.165) is 17.3 Å². The third-order valence-corrected chi connectivity index (χ3v) is 4.36. The van der Waals surface area contributed by atoms with E-state index in [4.69, 9.17) is 0 Å². The molecule has 4 nitrogen and oxygen atoms in total. The molecule has 0 spiro atoms. The Labute approximate surface area is 114 Å². The first-order chi connectivity index (χ1) is 9.06. The minimum absolute atomic E-state index is 0.324. The largest absolute Gasteiger partial charge is 0.350 e. The van der Waals surface area contributed by atoms with Gasteiger partial charge in [-0.1, -0.05) is 32.8 Å². The number of aromatic nitrogens is 3. The van der Waals surface area contributed by atoms with Crippen LogP contribution in [0.4, 0.5) is 5.95 Å². The second kappa shape index (κ2) is 4.51. The molecule has 1 aliphatic rings. The van der Waals surface area contributed by atoms with Crippen LogP contribution in [0.1, 0.15) is 45.2 Å². The van der Waals surface area contributed by atoms with Crippen molar-refractivity contribution >= 4 is 11.6 Å². The molecule has 0 amide bonds. The van der Waals surface area contributed by atoms with Crippen LogP contribution < -0.4 is 5.32 Å². The van der Waals surface area contributed by atoms with E-state index in [0.29, 0.717) is 11.5 Å². The van der Waals surface area contributed by atoms with Crippen molar-refractivity contribution in [1.29, 1.82) is 0 Å². The molecule has 0 aromatic carbocycles. The van der Waals surface area contributed by atoms with Crippen LogP contribution in [0.5, 0.6) is 0 Å². The number of aryl methyl sites for hydroxylation is 1. The predicted octanol–water partition coefficient (Wildman–Crippen LogP) is 3.42. The van der Waals surface area contributed by atoms with E-state index in [1.165, 1.54) is 25.7 Å². The molecule has 102 valence electrons. The van der Waals surface area contributed by atoms with E-state index < -0.39 is 0 Å². The van der Waals surface area contributed by atoms with E-state index in [9.17, 15) is 0 Å². The lowest BCUT2D eigenvalue weighted by Crippen LogP contribution is -2.39. The molecule has 0 bridgehead atoms. The topological polar surface area (TPSA) is 42.2 Å². The molecule has 3 rings (SSSR count). The third-order valence-electron chi connectivity index (χ3n) is 4.36. The average molecular weight is 258 g/mol. The lowest BCUT2D eigenvalue weighted by Gasteiger charge is -2.38. The molecule has 1 aliphatic carbocycles. The van der Waals surface area contributed by atoms with Crippen molar-refractivity contribution in [2.24, 2.45) is 5.41 Å². The van der Waals surface area contributed by atoms with E-state index in [-0.39, 0.29) is 0 Å². The van der Waals surface area contributed by atoms with Gasteiger partial charge < -0.3 is 5.32 Å². The molecule has 19 heavy (non-hydrogen) atoms. The predicted molar refractivity (Wildman–Crippen MR) is 77.4 cm³/mol. The van der Waals surface area contributed by atoms with E-state index >= 15 is 0 Å². The zero-order chi connectivity index (χ0) is 13.5. The van der Waals surface area contributed by atoms with Gasteiger partial charge in [-0.25, -0.2) is 4.52 Å². The molecule has 2 aromatic heterocycles. The number of rotatable bonds is 2. The Bertz CT molecular complexity index is 585. The van der Waals surface area contributed by atoms with Gasteiger partial charge in [0.15, 0.2) is 5.65 Å². The third kappa shape index (κ3) is 2.31. The maximum atomic E-state index is 4.57. The summed E-state index contributed by atoms with van der Waals surface area (Å²) in [4.78, 5) is 4.57. The Hall–Kier alpha value is -1.58. The van der Waals surface area contributed by atoms with Crippen LogP contribution in [0, 0.1) is 12.3 Å². The molecule has 1 fully saturated rings. The fourth-order valence-electron chi connectivity index (χ4n) is 3.01. The fourth-order valence-corrected chi connectivity index (χ4v) is 3.01. The maximum Gasteiger partial charge on any atom is 0.243 e. The van der Waals surface area contributed by atoms with Crippen LogP contribution in [0.2, 0.25) is 0 Å². The highest BCUT2D eigenvalue weighted by molar-refractivity contribution is 5.44. The van der Waals surface area contributed by atoms with Gasteiger partial charge in [-0.3, -0.25) is 0 Å². The lowest BCUT2D eigenvalue weighted by atomic mass is 9.73. The molecule has 1 saturated carbocycles. The Morgan fingerprint density at radius 2 is 2.16 bits per heavy atom. The molecular formula is C15H22N4. The summed E-state index contributed by atoms with van der Waals surface area (Å²) in [7, 11) is 0. The highest BCUT2D eigenvalue weighted by atomic mass is 15.4. The van der Waals surface area contributed by atoms with Gasteiger partial charge in [0, 0.05) is 11.7 Å². The SMILES string of the molecule is Cc1cccc2nc(NC3CCCCC3(C)C)nn12. The fraction of sp³-hybridized carbons (Fsp3) is 0.600. The van der Waals surface area contributed by atoms with Crippen molar-refractivity contribution in [3.63, 3.8) is 0 Å². The van der Waals surface area contributed by atoms with Crippen molar-refractivity contribution < 1.29 is 0 Å². The summed E-state index contributed by atoms with van der Waals surface area (Å²) in [5.74, 6) is 0.759. The van der Waals surface area contributed by atoms with Gasteiger partial charge in [0.25, 0.3) is 0 Å². The quantitative estimate of drug-likeness (QED) is 0.897. The van der Waals surface area contributed by atoms with Gasteiger partial charge in [0.1, 0.15) is 0 Å². The van der Waals surface area contributed by atoms with Crippen molar-refractivity contribution in [3.8, 4) is 0 Å². The summed E-state index contributed by atoms with van der Waals surface area (Å²) in [6.07, 6.45) is 5.12. The van der Waals surface area contributed by atoms with E-state index in [2.05, 4.69) is 42.2 Å². The maximum absolute atomic E-state index is 4.57. The standard InChI is InChI=1S/C15H22N4/c1-11-7-6-9-13-17-14(18-19(11)13)16-12-8-4-5-10-15(12,2)3/h6-7,9,12H,4-5,8,10H2,1-3H3,(H,16,18). The highest BCUT2D eigenvalue weighted by Gasteiger charge is 2.32. The van der Waals surface area contributed by atoms with E-state index in [1.54, 1.807) is 0 Å². The van der Waals surface area contributed by atoms with E-state index in [1.807, 2.05) is 16.6 Å². The summed E-state index contributed by atoms with van der Waals surface area (Å²) in [5, 5.41) is 8.11. The number of hydrogen-bond acceptors (Lipinski definition) is 3. The number of nitrogens with zero attached hydrogens (tertiary/aromatic N) is 3. The number of pyridine rings is 1. The van der Waals surface area contributed by atoms with Gasteiger partial charge in [0.2, 0.25) is 5.95 Å². The number of nitrogens with one attached hydrogen (secondary N) is 1. The first-order valence-electron chi connectivity index (χ1n) is 7.15.